The summed E-state index contributed by atoms with van der Waals surface area (Å²) in [7, 11) is 0. The van der Waals surface area contributed by atoms with Gasteiger partial charge in [-0.05, 0) is 59.9 Å². The van der Waals surface area contributed by atoms with Crippen LogP contribution in [-0.4, -0.2) is 60.6 Å². The molecule has 1 saturated carbocycles. The number of carbonyl (C=O) groups is 2. The fourth-order valence-corrected chi connectivity index (χ4v) is 6.64. The summed E-state index contributed by atoms with van der Waals surface area (Å²) in [5.74, 6) is 1.13. The molecular weight excluding hydrogens is 500 g/mol. The number of hydrogen-bond donors (Lipinski definition) is 1. The highest BCUT2D eigenvalue weighted by molar-refractivity contribution is 5.97. The highest BCUT2D eigenvalue weighted by Crippen LogP contribution is 2.39. The molecule has 0 spiro atoms. The number of anilines is 1. The van der Waals surface area contributed by atoms with E-state index in [2.05, 4.69) is 16.3 Å². The average molecular weight is 535 g/mol. The molecule has 1 N–H and O–H groups in total. The van der Waals surface area contributed by atoms with Gasteiger partial charge in [-0.3, -0.25) is 10.1 Å². The van der Waals surface area contributed by atoms with Gasteiger partial charge in [0.15, 0.2) is 0 Å². The third-order valence-corrected chi connectivity index (χ3v) is 8.61. The van der Waals surface area contributed by atoms with Crippen LogP contribution in [-0.2, 0) is 17.6 Å². The lowest BCUT2D eigenvalue weighted by molar-refractivity contribution is 0.0720. The van der Waals surface area contributed by atoms with Crippen molar-refractivity contribution in [3.63, 3.8) is 0 Å². The molecule has 0 bridgehead atoms. The quantitative estimate of drug-likeness (QED) is 0.440. The largest absolute Gasteiger partial charge is 0.446 e. The van der Waals surface area contributed by atoms with Gasteiger partial charge >= 0.3 is 6.09 Å². The molecule has 2 aliphatic heterocycles. The average Bonchev–Trinajstić information content (AvgIpc) is 3.52. The highest BCUT2D eigenvalue weighted by Gasteiger charge is 2.42. The smallest absolute Gasteiger partial charge is 0.411 e. The zero-order chi connectivity index (χ0) is 27.5. The Balaban J connectivity index is 0.970. The molecule has 1 unspecified atom stereocenters. The standard InChI is InChI=1S/C33H34N4O3/c34-14-12-23-10-11-30-25(18-23)13-15-37(32(30)38)17-16-36-21-26-19-28(20-27(26)22-36)40-33(39)35-31-9-5-4-8-29(31)24-6-2-1-3-7-24/h1-11,18,26-28H,12-13,15-17,19-22H2,(H,35,39)/t26-,27+,28?. The molecule has 3 atom stereocenters. The normalized spacial score (nSPS) is 21.9. The Morgan fingerprint density at radius 3 is 2.48 bits per heavy atom. The Kier molecular flexibility index (Phi) is 7.52. The van der Waals surface area contributed by atoms with E-state index >= 15 is 0 Å². The van der Waals surface area contributed by atoms with Crippen LogP contribution >= 0.6 is 0 Å². The summed E-state index contributed by atoms with van der Waals surface area (Å²) in [6.07, 6.45) is 2.52. The van der Waals surface area contributed by atoms with Gasteiger partial charge < -0.3 is 14.5 Å². The van der Waals surface area contributed by atoms with Crippen LogP contribution in [0.3, 0.4) is 0 Å². The van der Waals surface area contributed by atoms with Crippen LogP contribution in [0.5, 0.6) is 0 Å². The van der Waals surface area contributed by atoms with E-state index in [1.165, 1.54) is 0 Å². The fourth-order valence-electron chi connectivity index (χ4n) is 6.64. The van der Waals surface area contributed by atoms with E-state index < -0.39 is 6.09 Å². The lowest BCUT2D eigenvalue weighted by Gasteiger charge is -2.30. The predicted molar refractivity (Wildman–Crippen MR) is 154 cm³/mol. The summed E-state index contributed by atoms with van der Waals surface area (Å²) in [5, 5.41) is 11.9. The lowest BCUT2D eigenvalue weighted by atomic mass is 9.96. The minimum absolute atomic E-state index is 0.0628. The molecule has 7 heteroatoms. The van der Waals surface area contributed by atoms with Crippen molar-refractivity contribution in [3.8, 4) is 17.2 Å². The first kappa shape index (κ1) is 26.1. The maximum atomic E-state index is 13.1. The van der Waals surface area contributed by atoms with Crippen molar-refractivity contribution in [1.82, 2.24) is 9.80 Å². The number of nitriles is 1. The number of ether oxygens (including phenoxy) is 1. The summed E-state index contributed by atoms with van der Waals surface area (Å²) < 4.78 is 5.86. The molecule has 204 valence electrons. The number of likely N-dealkylation sites (tertiary alicyclic amines) is 1. The van der Waals surface area contributed by atoms with Gasteiger partial charge in [0, 0.05) is 43.9 Å². The SMILES string of the molecule is N#CCc1ccc2c(c1)CCN(CCN1C[C@H]3CC(OC(=O)Nc4ccccc4-c4ccccc4)C[C@H]3C1)C2=O. The number of para-hydroxylation sites is 1. The van der Waals surface area contributed by atoms with E-state index in [-0.39, 0.29) is 12.0 Å². The zero-order valence-electron chi connectivity index (χ0n) is 22.6. The fraction of sp³-hybridized carbons (Fsp3) is 0.364. The topological polar surface area (TPSA) is 85.7 Å². The van der Waals surface area contributed by atoms with Gasteiger partial charge in [-0.25, -0.2) is 4.79 Å². The molecule has 2 fully saturated rings. The van der Waals surface area contributed by atoms with E-state index in [4.69, 9.17) is 10.00 Å². The molecule has 1 aliphatic carbocycles. The third-order valence-electron chi connectivity index (χ3n) is 8.61. The van der Waals surface area contributed by atoms with Gasteiger partial charge in [0.1, 0.15) is 6.10 Å². The summed E-state index contributed by atoms with van der Waals surface area (Å²) in [6, 6.07) is 25.8. The van der Waals surface area contributed by atoms with Crippen LogP contribution in [0.2, 0.25) is 0 Å². The van der Waals surface area contributed by atoms with Gasteiger partial charge in [-0.2, -0.15) is 5.26 Å². The Morgan fingerprint density at radius 2 is 1.70 bits per heavy atom. The molecule has 7 nitrogen and oxygen atoms in total. The van der Waals surface area contributed by atoms with Gasteiger partial charge in [-0.15, -0.1) is 0 Å². The van der Waals surface area contributed by atoms with Crippen LogP contribution in [0.25, 0.3) is 11.1 Å². The molecule has 40 heavy (non-hydrogen) atoms. The summed E-state index contributed by atoms with van der Waals surface area (Å²) in [6.45, 7) is 4.28. The molecule has 2 heterocycles. The van der Waals surface area contributed by atoms with Crippen molar-refractivity contribution in [3.05, 3.63) is 89.5 Å². The predicted octanol–water partition coefficient (Wildman–Crippen LogP) is 5.38. The third kappa shape index (κ3) is 5.59. The minimum Gasteiger partial charge on any atom is -0.446 e. The lowest BCUT2D eigenvalue weighted by Crippen LogP contribution is -2.42. The van der Waals surface area contributed by atoms with Crippen LogP contribution in [0.4, 0.5) is 10.5 Å². The first-order valence-electron chi connectivity index (χ1n) is 14.2. The van der Waals surface area contributed by atoms with Gasteiger partial charge in [0.2, 0.25) is 0 Å². The van der Waals surface area contributed by atoms with E-state index in [1.807, 2.05) is 77.7 Å². The first-order valence-corrected chi connectivity index (χ1v) is 14.2. The van der Waals surface area contributed by atoms with Crippen molar-refractivity contribution >= 4 is 17.7 Å². The number of amides is 2. The Hall–Kier alpha value is -4.15. The number of hydrogen-bond acceptors (Lipinski definition) is 5. The number of nitrogens with zero attached hydrogens (tertiary/aromatic N) is 3. The Bertz CT molecular complexity index is 1420. The van der Waals surface area contributed by atoms with Crippen LogP contribution in [0.15, 0.2) is 72.8 Å². The monoisotopic (exact) mass is 534 g/mol. The minimum atomic E-state index is -0.395. The van der Waals surface area contributed by atoms with Gasteiger partial charge in [0.25, 0.3) is 5.91 Å². The molecule has 6 rings (SSSR count). The summed E-state index contributed by atoms with van der Waals surface area (Å²) >= 11 is 0. The number of fused-ring (bicyclic) bond motifs is 2. The molecule has 3 aliphatic rings. The number of nitrogens with one attached hydrogen (secondary N) is 1. The van der Waals surface area contributed by atoms with Crippen molar-refractivity contribution in [1.29, 1.82) is 5.26 Å². The van der Waals surface area contributed by atoms with Crippen molar-refractivity contribution in [2.75, 3.05) is 38.0 Å². The summed E-state index contributed by atoms with van der Waals surface area (Å²) in [4.78, 5) is 30.3. The molecule has 2 amide bonds. The number of benzene rings is 3. The molecule has 0 radical (unpaired) electrons. The Labute approximate surface area is 235 Å². The van der Waals surface area contributed by atoms with Crippen molar-refractivity contribution in [2.45, 2.75) is 31.8 Å². The van der Waals surface area contributed by atoms with Crippen molar-refractivity contribution < 1.29 is 14.3 Å². The van der Waals surface area contributed by atoms with E-state index in [0.717, 1.165) is 85.5 Å². The molecular formula is C33H34N4O3. The molecule has 0 aromatic heterocycles. The molecule has 1 saturated heterocycles. The first-order chi connectivity index (χ1) is 19.6. The van der Waals surface area contributed by atoms with Crippen LogP contribution in [0.1, 0.15) is 34.3 Å². The maximum Gasteiger partial charge on any atom is 0.411 e. The van der Waals surface area contributed by atoms with E-state index in [9.17, 15) is 9.59 Å². The number of carbonyl (C=O) groups excluding carboxylic acids is 2. The maximum absolute atomic E-state index is 13.1. The Morgan fingerprint density at radius 1 is 0.950 bits per heavy atom. The van der Waals surface area contributed by atoms with Gasteiger partial charge in [-0.1, -0.05) is 60.7 Å². The number of rotatable bonds is 7. The highest BCUT2D eigenvalue weighted by atomic mass is 16.6. The van der Waals surface area contributed by atoms with Gasteiger partial charge in [0.05, 0.1) is 18.2 Å². The van der Waals surface area contributed by atoms with Crippen LogP contribution in [0, 0.1) is 23.2 Å². The summed E-state index contributed by atoms with van der Waals surface area (Å²) in [5.41, 5.74) is 5.58. The second-order valence-corrected chi connectivity index (χ2v) is 11.2. The zero-order valence-corrected chi connectivity index (χ0v) is 22.6. The van der Waals surface area contributed by atoms with E-state index in [0.29, 0.717) is 18.3 Å². The van der Waals surface area contributed by atoms with Crippen LogP contribution < -0.4 is 5.32 Å². The second kappa shape index (κ2) is 11.5. The van der Waals surface area contributed by atoms with E-state index in [1.54, 1.807) is 0 Å². The second-order valence-electron chi connectivity index (χ2n) is 11.2. The van der Waals surface area contributed by atoms with Crippen molar-refractivity contribution in [2.24, 2.45) is 11.8 Å². The molecule has 3 aromatic carbocycles. The molecule has 3 aromatic rings.